The van der Waals surface area contributed by atoms with E-state index in [1.165, 1.54) is 11.3 Å². The van der Waals surface area contributed by atoms with E-state index < -0.39 is 12.0 Å². The number of carbonyl (C=O) groups excluding carboxylic acids is 1. The largest absolute Gasteiger partial charge is 0.508 e. The van der Waals surface area contributed by atoms with Crippen LogP contribution in [0.4, 0.5) is 5.69 Å². The van der Waals surface area contributed by atoms with E-state index >= 15 is 0 Å². The van der Waals surface area contributed by atoms with Crippen molar-refractivity contribution < 1.29 is 14.6 Å². The second kappa shape index (κ2) is 10.4. The maximum absolute atomic E-state index is 13.7. The number of benzene rings is 2. The number of anilines is 1. The smallest absolute Gasteiger partial charge is 0.338 e. The highest BCUT2D eigenvalue weighted by Gasteiger charge is 2.33. The highest BCUT2D eigenvalue weighted by molar-refractivity contribution is 7.07. The summed E-state index contributed by atoms with van der Waals surface area (Å²) in [5, 5.41) is 10.1. The molecule has 4 rings (SSSR count). The highest BCUT2D eigenvalue weighted by Crippen LogP contribution is 2.31. The van der Waals surface area contributed by atoms with Crippen LogP contribution in [-0.2, 0) is 16.0 Å². The average Bonchev–Trinajstić information content (AvgIpc) is 3.15. The number of nitrogens with zero attached hydrogens (tertiary/aromatic N) is 3. The number of hydrogen-bond donors (Lipinski definition) is 1. The van der Waals surface area contributed by atoms with Crippen LogP contribution in [-0.4, -0.2) is 36.3 Å². The minimum absolute atomic E-state index is 0.185. The Morgan fingerprint density at radius 2 is 1.97 bits per heavy atom. The number of esters is 1. The molecule has 186 valence electrons. The molecule has 1 aliphatic heterocycles. The van der Waals surface area contributed by atoms with Crippen molar-refractivity contribution in [2.45, 2.75) is 26.3 Å². The second-order valence-corrected chi connectivity index (χ2v) is 9.68. The van der Waals surface area contributed by atoms with E-state index in [-0.39, 0.29) is 17.9 Å². The molecule has 2 aromatic carbocycles. The number of thiazole rings is 1. The van der Waals surface area contributed by atoms with E-state index in [0.717, 1.165) is 22.4 Å². The maximum atomic E-state index is 13.7. The molecule has 0 radical (unpaired) electrons. The van der Waals surface area contributed by atoms with E-state index in [2.05, 4.69) is 11.6 Å². The number of carbonyl (C=O) groups is 1. The number of allylic oxidation sites excluding steroid dienone is 2. The van der Waals surface area contributed by atoms with Crippen LogP contribution in [0.5, 0.6) is 5.75 Å². The van der Waals surface area contributed by atoms with Crippen LogP contribution in [0.1, 0.15) is 36.6 Å². The fourth-order valence-corrected chi connectivity index (χ4v) is 5.27. The molecule has 1 atom stereocenters. The molecule has 0 fully saturated rings. The van der Waals surface area contributed by atoms with Crippen molar-refractivity contribution in [3.05, 3.63) is 103 Å². The van der Waals surface area contributed by atoms with Crippen LogP contribution in [0.2, 0.25) is 0 Å². The van der Waals surface area contributed by atoms with Gasteiger partial charge in [0.25, 0.3) is 5.56 Å². The molecule has 1 N–H and O–H groups in total. The number of ether oxygens (including phenoxy) is 1. The third kappa shape index (κ3) is 4.77. The minimum Gasteiger partial charge on any atom is -0.508 e. The van der Waals surface area contributed by atoms with Crippen LogP contribution in [0.15, 0.2) is 76.2 Å². The maximum Gasteiger partial charge on any atom is 0.338 e. The third-order valence-electron chi connectivity index (χ3n) is 6.01. The third-order valence-corrected chi connectivity index (χ3v) is 6.99. The molecule has 0 aliphatic carbocycles. The van der Waals surface area contributed by atoms with Gasteiger partial charge in [-0.05, 0) is 67.3 Å². The molecule has 0 spiro atoms. The van der Waals surface area contributed by atoms with Crippen LogP contribution in [0.3, 0.4) is 0 Å². The number of phenols is 1. The van der Waals surface area contributed by atoms with Crippen molar-refractivity contribution in [1.82, 2.24) is 4.57 Å². The molecule has 0 bridgehead atoms. The van der Waals surface area contributed by atoms with Crippen molar-refractivity contribution in [2.75, 3.05) is 25.6 Å². The Hall–Kier alpha value is -3.91. The molecule has 1 aromatic heterocycles. The van der Waals surface area contributed by atoms with Crippen molar-refractivity contribution in [1.29, 1.82) is 0 Å². The van der Waals surface area contributed by atoms with Gasteiger partial charge >= 0.3 is 5.97 Å². The van der Waals surface area contributed by atoms with Gasteiger partial charge in [-0.1, -0.05) is 35.6 Å². The summed E-state index contributed by atoms with van der Waals surface area (Å²) in [6.45, 7) is 7.48. The first kappa shape index (κ1) is 25.2. The van der Waals surface area contributed by atoms with Crippen LogP contribution in [0.25, 0.3) is 6.08 Å². The summed E-state index contributed by atoms with van der Waals surface area (Å²) in [5.74, 6) is -0.299. The van der Waals surface area contributed by atoms with E-state index in [1.54, 1.807) is 42.7 Å². The molecule has 0 saturated carbocycles. The first-order valence-electron chi connectivity index (χ1n) is 11.6. The Balaban J connectivity index is 1.91. The zero-order chi connectivity index (χ0) is 26.0. The summed E-state index contributed by atoms with van der Waals surface area (Å²) in [6.07, 6.45) is 4.01. The fraction of sp³-hybridized carbons (Fsp3) is 0.250. The van der Waals surface area contributed by atoms with Gasteiger partial charge in [-0.25, -0.2) is 9.79 Å². The summed E-state index contributed by atoms with van der Waals surface area (Å²) < 4.78 is 7.41. The molecule has 1 aliphatic rings. The van der Waals surface area contributed by atoms with Crippen molar-refractivity contribution in [2.24, 2.45) is 4.99 Å². The van der Waals surface area contributed by atoms with E-state index in [9.17, 15) is 14.7 Å². The normalized spacial score (nSPS) is 15.3. The molecule has 36 heavy (non-hydrogen) atoms. The van der Waals surface area contributed by atoms with Gasteiger partial charge in [-0.2, -0.15) is 0 Å². The van der Waals surface area contributed by atoms with Crippen LogP contribution >= 0.6 is 11.3 Å². The van der Waals surface area contributed by atoms with Gasteiger partial charge in [0.2, 0.25) is 0 Å². The van der Waals surface area contributed by atoms with E-state index in [1.807, 2.05) is 49.3 Å². The molecule has 8 heteroatoms. The second-order valence-electron chi connectivity index (χ2n) is 8.67. The van der Waals surface area contributed by atoms with Crippen LogP contribution in [0, 0.1) is 0 Å². The first-order valence-corrected chi connectivity index (χ1v) is 12.5. The fourth-order valence-electron chi connectivity index (χ4n) is 4.23. The first-order chi connectivity index (χ1) is 17.2. The summed E-state index contributed by atoms with van der Waals surface area (Å²) in [6, 6.07) is 12.3. The van der Waals surface area contributed by atoms with Gasteiger partial charge in [0, 0.05) is 19.8 Å². The lowest BCUT2D eigenvalue weighted by Crippen LogP contribution is -2.39. The topological polar surface area (TPSA) is 84.1 Å². The molecular weight excluding hydrogens is 474 g/mol. The monoisotopic (exact) mass is 503 g/mol. The standard InChI is InChI=1S/C28H29N3O4S/c1-6-8-20-15-18(9-14-22(20)32)16-23-26(33)31-25(19-10-12-21(13-11-19)30(4)5)24(27(34)35-7-2)17(3)29-28(31)36-23/h6,9-16,25,32H,1,7-8H2,2-5H3/b23-16+/t25-/m0/s1. The summed E-state index contributed by atoms with van der Waals surface area (Å²) in [7, 11) is 3.91. The Kier molecular flexibility index (Phi) is 7.26. The Labute approximate surface area is 213 Å². The zero-order valence-electron chi connectivity index (χ0n) is 20.8. The molecule has 0 amide bonds. The molecule has 3 aromatic rings. The Morgan fingerprint density at radius 1 is 1.25 bits per heavy atom. The van der Waals surface area contributed by atoms with Gasteiger partial charge in [-0.3, -0.25) is 9.36 Å². The van der Waals surface area contributed by atoms with Gasteiger partial charge in [-0.15, -0.1) is 6.58 Å². The van der Waals surface area contributed by atoms with Gasteiger partial charge in [0.05, 0.1) is 28.5 Å². The molecule has 0 unspecified atom stereocenters. The summed E-state index contributed by atoms with van der Waals surface area (Å²) in [5.41, 5.74) is 3.95. The average molecular weight is 504 g/mol. The highest BCUT2D eigenvalue weighted by atomic mass is 32.1. The predicted molar refractivity (Wildman–Crippen MR) is 143 cm³/mol. The number of phenolic OH excluding ortho intramolecular Hbond substituents is 1. The summed E-state index contributed by atoms with van der Waals surface area (Å²) in [4.78, 5) is 33.9. The lowest BCUT2D eigenvalue weighted by molar-refractivity contribution is -0.139. The molecule has 0 saturated heterocycles. The van der Waals surface area contributed by atoms with Gasteiger partial charge in [0.1, 0.15) is 5.75 Å². The molecule has 2 heterocycles. The van der Waals surface area contributed by atoms with Crippen molar-refractivity contribution in [3.8, 4) is 5.75 Å². The lowest BCUT2D eigenvalue weighted by Gasteiger charge is -2.25. The number of aromatic nitrogens is 1. The van der Waals surface area contributed by atoms with Gasteiger partial charge in [0.15, 0.2) is 4.80 Å². The number of hydrogen-bond acceptors (Lipinski definition) is 7. The summed E-state index contributed by atoms with van der Waals surface area (Å²) >= 11 is 1.27. The number of rotatable bonds is 7. The molecular formula is C28H29N3O4S. The SMILES string of the molecule is C=CCc1cc(/C=c2/sc3n(c2=O)[C@@H](c2ccc(N(C)C)cc2)C(C(=O)OCC)=C(C)N=3)ccc1O. The molecule has 7 nitrogen and oxygen atoms in total. The van der Waals surface area contributed by atoms with Crippen LogP contribution < -0.4 is 19.8 Å². The lowest BCUT2D eigenvalue weighted by atomic mass is 9.95. The number of aromatic hydroxyl groups is 1. The predicted octanol–water partition coefficient (Wildman–Crippen LogP) is 3.30. The number of fused-ring (bicyclic) bond motifs is 1. The zero-order valence-corrected chi connectivity index (χ0v) is 21.6. The van der Waals surface area contributed by atoms with Gasteiger partial charge < -0.3 is 14.7 Å². The Bertz CT molecular complexity index is 1530. The van der Waals surface area contributed by atoms with E-state index in [0.29, 0.717) is 27.0 Å². The Morgan fingerprint density at radius 3 is 2.61 bits per heavy atom. The van der Waals surface area contributed by atoms with Crippen molar-refractivity contribution >= 4 is 29.1 Å². The quantitative estimate of drug-likeness (QED) is 0.395. The van der Waals surface area contributed by atoms with Crippen molar-refractivity contribution in [3.63, 3.8) is 0 Å². The van der Waals surface area contributed by atoms with E-state index in [4.69, 9.17) is 4.74 Å². The minimum atomic E-state index is -0.658.